The quantitative estimate of drug-likeness (QED) is 0.0357. The first-order valence-electron chi connectivity index (χ1n) is 18.1. The Balaban J connectivity index is 0. The lowest BCUT2D eigenvalue weighted by molar-refractivity contribution is -0.418. The average molecular weight is 732 g/mol. The van der Waals surface area contributed by atoms with Crippen LogP contribution in [0.15, 0.2) is 72.2 Å². The normalized spacial score (nSPS) is 14.0. The highest BCUT2D eigenvalue weighted by molar-refractivity contribution is 5.88. The van der Waals surface area contributed by atoms with E-state index >= 15 is 0 Å². The maximum Gasteiger partial charge on any atom is 0.521 e. The number of ether oxygens (including phenoxy) is 4. The van der Waals surface area contributed by atoms with Gasteiger partial charge in [-0.3, -0.25) is 14.9 Å². The number of amides is 2. The minimum Gasteiger partial charge on any atom is -0.484 e. The van der Waals surface area contributed by atoms with E-state index in [-0.39, 0.29) is 24.9 Å². The maximum atomic E-state index is 12.5. The SMILES string of the molecule is C=C(/C=C\C(=C/C)OC(=O)OC(=O)C(NC(=O)OCc1ccc(OCC(=O)NC/C2=C/CCCCCC2)cc1)C(C)C)[N+](=O)[O-].CC.CC.CCC. The second-order valence-electron chi connectivity index (χ2n) is 11.2. The molecule has 292 valence electrons. The lowest BCUT2D eigenvalue weighted by atomic mass is 10.00. The van der Waals surface area contributed by atoms with Crippen LogP contribution in [0.2, 0.25) is 0 Å². The molecule has 0 saturated carbocycles. The summed E-state index contributed by atoms with van der Waals surface area (Å²) >= 11 is 0. The summed E-state index contributed by atoms with van der Waals surface area (Å²) in [6.07, 6.45) is 11.4. The molecule has 1 aromatic carbocycles. The van der Waals surface area contributed by atoms with Crippen LogP contribution in [0.3, 0.4) is 0 Å². The molecule has 0 saturated heterocycles. The molecule has 13 heteroatoms. The Morgan fingerprint density at radius 3 is 2.15 bits per heavy atom. The molecule has 1 aliphatic carbocycles. The first kappa shape index (κ1) is 49.2. The molecule has 0 bridgehead atoms. The molecule has 13 nitrogen and oxygen atoms in total. The number of rotatable bonds is 14. The molecular weight excluding hydrogens is 670 g/mol. The minimum atomic E-state index is -1.39. The number of hydrogen-bond donors (Lipinski definition) is 2. The second-order valence-corrected chi connectivity index (χ2v) is 11.2. The van der Waals surface area contributed by atoms with E-state index in [1.165, 1.54) is 44.3 Å². The van der Waals surface area contributed by atoms with Crippen molar-refractivity contribution < 1.29 is 43.0 Å². The van der Waals surface area contributed by atoms with Crippen molar-refractivity contribution >= 4 is 24.1 Å². The predicted octanol–water partition coefficient (Wildman–Crippen LogP) is 9.11. The monoisotopic (exact) mass is 731 g/mol. The molecule has 2 amide bonds. The van der Waals surface area contributed by atoms with Crippen LogP contribution in [0, 0.1) is 16.0 Å². The van der Waals surface area contributed by atoms with Gasteiger partial charge in [-0.2, -0.15) is 0 Å². The molecule has 52 heavy (non-hydrogen) atoms. The van der Waals surface area contributed by atoms with Gasteiger partial charge in [0.05, 0.1) is 4.92 Å². The first-order valence-corrected chi connectivity index (χ1v) is 18.1. The van der Waals surface area contributed by atoms with Crippen LogP contribution in [-0.2, 0) is 30.4 Å². The molecule has 0 aromatic heterocycles. The van der Waals surface area contributed by atoms with Crippen molar-refractivity contribution in [1.82, 2.24) is 10.6 Å². The van der Waals surface area contributed by atoms with Crippen molar-refractivity contribution in [3.8, 4) is 5.75 Å². The summed E-state index contributed by atoms with van der Waals surface area (Å²) < 4.78 is 20.3. The average Bonchev–Trinajstić information content (AvgIpc) is 3.12. The van der Waals surface area contributed by atoms with Gasteiger partial charge in [-0.1, -0.05) is 98.4 Å². The summed E-state index contributed by atoms with van der Waals surface area (Å²) in [5.74, 6) is -1.44. The maximum absolute atomic E-state index is 12.5. The Kier molecular flexibility index (Phi) is 29.2. The fraction of sp³-hybridized carbons (Fsp3) is 0.538. The molecule has 1 atom stereocenters. The molecule has 0 aliphatic heterocycles. The summed E-state index contributed by atoms with van der Waals surface area (Å²) in [7, 11) is 0. The molecule has 0 radical (unpaired) electrons. The summed E-state index contributed by atoms with van der Waals surface area (Å²) in [5.41, 5.74) is 1.43. The lowest BCUT2D eigenvalue weighted by Gasteiger charge is -2.19. The second kappa shape index (κ2) is 30.8. The molecule has 0 spiro atoms. The molecule has 0 fully saturated rings. The molecule has 1 aliphatic rings. The highest BCUT2D eigenvalue weighted by atomic mass is 16.7. The van der Waals surface area contributed by atoms with E-state index in [1.807, 2.05) is 27.7 Å². The van der Waals surface area contributed by atoms with Gasteiger partial charge in [0.25, 0.3) is 11.6 Å². The van der Waals surface area contributed by atoms with Gasteiger partial charge in [0.2, 0.25) is 0 Å². The third-order valence-electron chi connectivity index (χ3n) is 6.60. The van der Waals surface area contributed by atoms with Crippen LogP contribution in [0.1, 0.15) is 113 Å². The van der Waals surface area contributed by atoms with Crippen LogP contribution < -0.4 is 15.4 Å². The largest absolute Gasteiger partial charge is 0.521 e. The summed E-state index contributed by atoms with van der Waals surface area (Å²) in [6.45, 7) is 20.5. The van der Waals surface area contributed by atoms with E-state index in [2.05, 4.69) is 41.9 Å². The number of benzene rings is 1. The summed E-state index contributed by atoms with van der Waals surface area (Å²) in [4.78, 5) is 59.2. The van der Waals surface area contributed by atoms with Crippen molar-refractivity contribution in [2.24, 2.45) is 5.92 Å². The molecule has 1 unspecified atom stereocenters. The minimum absolute atomic E-state index is 0.123. The third-order valence-corrected chi connectivity index (χ3v) is 6.60. The van der Waals surface area contributed by atoms with Gasteiger partial charge in [-0.05, 0) is 75.0 Å². The Morgan fingerprint density at radius 1 is 0.962 bits per heavy atom. The van der Waals surface area contributed by atoms with Crippen LogP contribution >= 0.6 is 0 Å². The zero-order valence-electron chi connectivity index (χ0n) is 32.6. The number of alkyl carbamates (subject to hydrolysis) is 1. The van der Waals surface area contributed by atoms with Crippen molar-refractivity contribution in [3.05, 3.63) is 87.9 Å². The Bertz CT molecular complexity index is 1320. The van der Waals surface area contributed by atoms with E-state index < -0.39 is 40.8 Å². The van der Waals surface area contributed by atoms with E-state index in [0.717, 1.165) is 31.4 Å². The third kappa shape index (κ3) is 23.5. The standard InChI is InChI=1S/C32H41N3O10.C3H8.2C2H6/c1-5-26(16-13-23(4)35(40)41)44-32(39)45-30(37)29(22(2)3)34-31(38)43-20-25-14-17-27(18-15-25)42-21-28(36)33-19-24-11-9-7-6-8-10-12-24;1-3-2;2*1-2/h5,11,13-18,22,29H,4,6-10,12,19-21H2,1-3H3,(H,33,36)(H,34,38);3H2,1-2H3;2*1-2H3/b16-13-,24-11+,26-5+;;;. The van der Waals surface area contributed by atoms with Gasteiger partial charge < -0.3 is 29.6 Å². The van der Waals surface area contributed by atoms with Gasteiger partial charge >= 0.3 is 18.2 Å². The zero-order valence-corrected chi connectivity index (χ0v) is 32.6. The van der Waals surface area contributed by atoms with Gasteiger partial charge in [0.15, 0.2) is 6.61 Å². The van der Waals surface area contributed by atoms with Gasteiger partial charge in [0, 0.05) is 12.6 Å². The van der Waals surface area contributed by atoms with Crippen LogP contribution in [0.25, 0.3) is 0 Å². The highest BCUT2D eigenvalue weighted by Gasteiger charge is 2.29. The van der Waals surface area contributed by atoms with E-state index in [1.54, 1.807) is 38.1 Å². The fourth-order valence-electron chi connectivity index (χ4n) is 4.02. The Labute approximate surface area is 310 Å². The summed E-state index contributed by atoms with van der Waals surface area (Å²) in [5, 5.41) is 15.9. The summed E-state index contributed by atoms with van der Waals surface area (Å²) in [6, 6.07) is 5.37. The number of carbonyl (C=O) groups excluding carboxylic acids is 4. The number of nitrogens with zero attached hydrogens (tertiary/aromatic N) is 1. The van der Waals surface area contributed by atoms with Crippen LogP contribution in [0.4, 0.5) is 9.59 Å². The number of hydrogen-bond acceptors (Lipinski definition) is 10. The topological polar surface area (TPSA) is 172 Å². The van der Waals surface area contributed by atoms with Crippen LogP contribution in [0.5, 0.6) is 5.75 Å². The van der Waals surface area contributed by atoms with E-state index in [4.69, 9.17) is 14.2 Å². The molecule has 0 heterocycles. The number of nitrogens with one attached hydrogen (secondary N) is 2. The molecule has 2 rings (SSSR count). The Hall–Kier alpha value is -4.94. The number of allylic oxidation sites excluding steroid dienone is 4. The zero-order chi connectivity index (χ0) is 39.9. The first-order chi connectivity index (χ1) is 24.9. The Morgan fingerprint density at radius 2 is 1.58 bits per heavy atom. The van der Waals surface area contributed by atoms with Crippen molar-refractivity contribution in [2.45, 2.75) is 120 Å². The van der Waals surface area contributed by atoms with Gasteiger partial charge in [0.1, 0.15) is 24.2 Å². The van der Waals surface area contributed by atoms with Gasteiger partial charge in [-0.25, -0.2) is 14.4 Å². The number of carbonyl (C=O) groups is 4. The lowest BCUT2D eigenvalue weighted by Crippen LogP contribution is -2.46. The number of esters is 1. The van der Waals surface area contributed by atoms with E-state index in [0.29, 0.717) is 17.9 Å². The fourth-order valence-corrected chi connectivity index (χ4v) is 4.02. The number of nitro groups is 1. The molecular formula is C39H61N3O10. The van der Waals surface area contributed by atoms with Crippen molar-refractivity contribution in [2.75, 3.05) is 13.2 Å². The molecule has 2 N–H and O–H groups in total. The van der Waals surface area contributed by atoms with Crippen LogP contribution in [-0.4, -0.2) is 48.2 Å². The highest BCUT2D eigenvalue weighted by Crippen LogP contribution is 2.17. The van der Waals surface area contributed by atoms with Gasteiger partial charge in [-0.15, -0.1) is 0 Å². The van der Waals surface area contributed by atoms with E-state index in [9.17, 15) is 29.3 Å². The van der Waals surface area contributed by atoms with Crippen molar-refractivity contribution in [1.29, 1.82) is 0 Å². The van der Waals surface area contributed by atoms with Crippen molar-refractivity contribution in [3.63, 3.8) is 0 Å². The molecule has 1 aromatic rings. The predicted molar refractivity (Wildman–Crippen MR) is 203 cm³/mol. The smallest absolute Gasteiger partial charge is 0.484 e.